The van der Waals surface area contributed by atoms with Crippen molar-refractivity contribution in [1.29, 1.82) is 0 Å². The van der Waals surface area contributed by atoms with E-state index in [0.717, 1.165) is 26.3 Å². The summed E-state index contributed by atoms with van der Waals surface area (Å²) in [6.45, 7) is 3.83. The van der Waals surface area contributed by atoms with Crippen molar-refractivity contribution >= 4 is 10.4 Å². The van der Waals surface area contributed by atoms with Gasteiger partial charge in [-0.25, -0.2) is 8.42 Å². The van der Waals surface area contributed by atoms with Crippen molar-refractivity contribution < 1.29 is 22.3 Å². The summed E-state index contributed by atoms with van der Waals surface area (Å²) in [6.07, 6.45) is 0. The number of morpholine rings is 1. The largest absolute Gasteiger partial charge is 0.726 e. The lowest BCUT2D eigenvalue weighted by atomic mass is 10.5. The van der Waals surface area contributed by atoms with Crippen molar-refractivity contribution in [1.82, 2.24) is 5.32 Å². The number of hydrogen-bond acceptors (Lipinski definition) is 5. The molecule has 0 saturated carbocycles. The minimum atomic E-state index is -4.92. The Balaban J connectivity index is 0.000000187. The predicted octanol–water partition coefficient (Wildman–Crippen LogP) is -1.39. The van der Waals surface area contributed by atoms with E-state index >= 15 is 0 Å². The van der Waals surface area contributed by atoms with Crippen LogP contribution >= 0.6 is 0 Å². The number of ether oxygens (including phenoxy) is 1. The summed E-state index contributed by atoms with van der Waals surface area (Å²) in [5, 5.41) is 3.16. The Morgan fingerprint density at radius 1 is 1.36 bits per heavy atom. The van der Waals surface area contributed by atoms with Gasteiger partial charge in [0.25, 0.3) is 0 Å². The smallest absolute Gasteiger partial charge is 0.215 e. The van der Waals surface area contributed by atoms with E-state index in [1.165, 1.54) is 0 Å². The maximum Gasteiger partial charge on any atom is 0.215 e. The Morgan fingerprint density at radius 3 is 1.82 bits per heavy atom. The molecule has 0 aromatic heterocycles. The van der Waals surface area contributed by atoms with E-state index < -0.39 is 10.4 Å². The third kappa shape index (κ3) is 17.7. The summed E-state index contributed by atoms with van der Waals surface area (Å²) in [5.41, 5.74) is 0. The number of hydrogen-bond donors (Lipinski definition) is 2. The molecule has 0 radical (unpaired) electrons. The van der Waals surface area contributed by atoms with Crippen LogP contribution in [0.15, 0.2) is 0 Å². The second kappa shape index (κ2) is 5.44. The molecule has 0 aromatic carbocycles. The molecule has 1 rings (SSSR count). The topological polar surface area (TPSA) is 98.7 Å². The summed E-state index contributed by atoms with van der Waals surface area (Å²) in [6, 6.07) is 0. The van der Waals surface area contributed by atoms with Gasteiger partial charge in [-0.2, -0.15) is 0 Å². The van der Waals surface area contributed by atoms with Gasteiger partial charge in [0.05, 0.1) is 13.2 Å². The van der Waals surface area contributed by atoms with Crippen LogP contribution < -0.4 is 5.32 Å². The molecule has 0 aliphatic carbocycles. The minimum absolute atomic E-state index is 0.889. The molecule has 1 fully saturated rings. The zero-order valence-electron chi connectivity index (χ0n) is 5.82. The Hall–Kier alpha value is -0.210. The summed E-state index contributed by atoms with van der Waals surface area (Å²) >= 11 is 0. The van der Waals surface area contributed by atoms with Crippen LogP contribution in [-0.2, 0) is 15.1 Å². The fraction of sp³-hybridized carbons (Fsp3) is 1.00. The lowest BCUT2D eigenvalue weighted by Gasteiger charge is -2.10. The summed E-state index contributed by atoms with van der Waals surface area (Å²) < 4.78 is 37.8. The molecule has 1 saturated heterocycles. The van der Waals surface area contributed by atoms with Crippen LogP contribution in [0.4, 0.5) is 0 Å². The minimum Gasteiger partial charge on any atom is -0.726 e. The monoisotopic (exact) mass is 184 g/mol. The molecule has 0 aromatic rings. The van der Waals surface area contributed by atoms with Crippen LogP contribution in [0.5, 0.6) is 0 Å². The third-order valence-corrected chi connectivity index (χ3v) is 0.846. The highest BCUT2D eigenvalue weighted by Gasteiger charge is 1.92. The standard InChI is InChI=1S/C4H9NO.H2O4S/c1-3-6-4-2-5-1;1-5(2,3)4/h5H,1-4H2;(H2,1,2,3,4)/p-1. The molecule has 0 bridgehead atoms. The Kier molecular flexibility index (Phi) is 5.34. The van der Waals surface area contributed by atoms with E-state index in [4.69, 9.17) is 22.3 Å². The molecule has 1 aliphatic rings. The van der Waals surface area contributed by atoms with E-state index in [1.54, 1.807) is 0 Å². The van der Waals surface area contributed by atoms with E-state index in [-0.39, 0.29) is 0 Å². The second-order valence-electron chi connectivity index (χ2n) is 1.79. The Morgan fingerprint density at radius 2 is 1.73 bits per heavy atom. The summed E-state index contributed by atoms with van der Waals surface area (Å²) in [7, 11) is -4.92. The molecule has 0 spiro atoms. The molecule has 68 valence electrons. The van der Waals surface area contributed by atoms with Crippen molar-refractivity contribution in [2.75, 3.05) is 26.3 Å². The second-order valence-corrected chi connectivity index (χ2v) is 2.65. The normalized spacial score (nSPS) is 18.4. The van der Waals surface area contributed by atoms with Gasteiger partial charge in [-0.3, -0.25) is 4.55 Å². The van der Waals surface area contributed by atoms with Crippen molar-refractivity contribution in [3.63, 3.8) is 0 Å². The number of rotatable bonds is 0. The molecule has 0 amide bonds. The number of nitrogens with one attached hydrogen (secondary N) is 1. The first-order valence-electron chi connectivity index (χ1n) is 2.97. The first kappa shape index (κ1) is 10.8. The highest BCUT2D eigenvalue weighted by molar-refractivity contribution is 7.79. The van der Waals surface area contributed by atoms with Gasteiger partial charge < -0.3 is 14.6 Å². The molecule has 0 unspecified atom stereocenters. The van der Waals surface area contributed by atoms with Gasteiger partial charge in [-0.05, 0) is 0 Å². The van der Waals surface area contributed by atoms with Crippen molar-refractivity contribution in [3.8, 4) is 0 Å². The van der Waals surface area contributed by atoms with E-state index in [0.29, 0.717) is 0 Å². The van der Waals surface area contributed by atoms with Crippen LogP contribution in [0.3, 0.4) is 0 Å². The molecule has 0 atom stereocenters. The van der Waals surface area contributed by atoms with Crippen LogP contribution in [0.1, 0.15) is 0 Å². The molecule has 1 heterocycles. The SMILES string of the molecule is C1COCCN1.O=S(=O)([O-])O. The first-order valence-corrected chi connectivity index (χ1v) is 4.33. The molecule has 6 nitrogen and oxygen atoms in total. The van der Waals surface area contributed by atoms with E-state index in [2.05, 4.69) is 5.32 Å². The van der Waals surface area contributed by atoms with Crippen molar-refractivity contribution in [3.05, 3.63) is 0 Å². The van der Waals surface area contributed by atoms with Gasteiger partial charge >= 0.3 is 0 Å². The van der Waals surface area contributed by atoms with Gasteiger partial charge in [-0.15, -0.1) is 0 Å². The zero-order valence-corrected chi connectivity index (χ0v) is 6.63. The highest BCUT2D eigenvalue weighted by atomic mass is 32.3. The van der Waals surface area contributed by atoms with Gasteiger partial charge in [-0.1, -0.05) is 0 Å². The van der Waals surface area contributed by atoms with Crippen LogP contribution in [0.25, 0.3) is 0 Å². The van der Waals surface area contributed by atoms with E-state index in [9.17, 15) is 0 Å². The molecule has 7 heteroatoms. The lowest BCUT2D eigenvalue weighted by Crippen LogP contribution is -2.30. The predicted molar refractivity (Wildman–Crippen MR) is 36.0 cm³/mol. The average Bonchev–Trinajstić information content (AvgIpc) is 1.88. The Labute approximate surface area is 65.1 Å². The fourth-order valence-electron chi connectivity index (χ4n) is 0.516. The molecular weight excluding hydrogens is 174 g/mol. The molecule has 11 heavy (non-hydrogen) atoms. The van der Waals surface area contributed by atoms with Crippen LogP contribution in [0.2, 0.25) is 0 Å². The summed E-state index contributed by atoms with van der Waals surface area (Å²) in [4.78, 5) is 0. The van der Waals surface area contributed by atoms with Crippen molar-refractivity contribution in [2.45, 2.75) is 0 Å². The van der Waals surface area contributed by atoms with Gasteiger partial charge in [0, 0.05) is 13.1 Å². The van der Waals surface area contributed by atoms with Gasteiger partial charge in [0.15, 0.2) is 0 Å². The van der Waals surface area contributed by atoms with Gasteiger partial charge in [0.1, 0.15) is 0 Å². The Bertz CT molecular complexity index is 153. The van der Waals surface area contributed by atoms with Gasteiger partial charge in [0.2, 0.25) is 10.4 Å². The van der Waals surface area contributed by atoms with Crippen LogP contribution in [-0.4, -0.2) is 43.8 Å². The third-order valence-electron chi connectivity index (χ3n) is 0.846. The zero-order chi connectivity index (χ0) is 8.74. The molecular formula is C4H10NO5S-. The quantitative estimate of drug-likeness (QED) is 0.355. The molecule has 1 aliphatic heterocycles. The van der Waals surface area contributed by atoms with Crippen LogP contribution in [0, 0.1) is 0 Å². The van der Waals surface area contributed by atoms with E-state index in [1.807, 2.05) is 0 Å². The molecule has 2 N–H and O–H groups in total. The van der Waals surface area contributed by atoms with Crippen molar-refractivity contribution in [2.24, 2.45) is 0 Å². The summed E-state index contributed by atoms with van der Waals surface area (Å²) in [5.74, 6) is 0. The first-order chi connectivity index (χ1) is 5.00. The lowest BCUT2D eigenvalue weighted by molar-refractivity contribution is 0.109. The average molecular weight is 184 g/mol. The maximum atomic E-state index is 8.63. The maximum absolute atomic E-state index is 8.63. The fourth-order valence-corrected chi connectivity index (χ4v) is 0.516. The highest BCUT2D eigenvalue weighted by Crippen LogP contribution is 1.76.